The molecule has 1 heterocycles. The molecule has 0 radical (unpaired) electrons. The van der Waals surface area contributed by atoms with E-state index in [4.69, 9.17) is 4.42 Å². The van der Waals surface area contributed by atoms with Crippen LogP contribution in [0.3, 0.4) is 0 Å². The zero-order chi connectivity index (χ0) is 14.4. The van der Waals surface area contributed by atoms with Gasteiger partial charge >= 0.3 is 0 Å². The monoisotopic (exact) mass is 277 g/mol. The Kier molecular flexibility index (Phi) is 6.15. The summed E-state index contributed by atoms with van der Waals surface area (Å²) in [6.07, 6.45) is 11.0. The third kappa shape index (κ3) is 4.37. The van der Waals surface area contributed by atoms with Crippen molar-refractivity contribution in [3.8, 4) is 0 Å². The van der Waals surface area contributed by atoms with Gasteiger partial charge in [0.2, 0.25) is 0 Å². The molecule has 2 nitrogen and oxygen atoms in total. The molecule has 0 saturated heterocycles. The Hall–Kier alpha value is -0.760. The molecule has 20 heavy (non-hydrogen) atoms. The zero-order valence-corrected chi connectivity index (χ0v) is 13.5. The van der Waals surface area contributed by atoms with E-state index in [2.05, 4.69) is 32.2 Å². The second-order valence-electron chi connectivity index (χ2n) is 6.47. The molecule has 1 saturated carbocycles. The summed E-state index contributed by atoms with van der Waals surface area (Å²) in [6.45, 7) is 7.50. The summed E-state index contributed by atoms with van der Waals surface area (Å²) in [4.78, 5) is 0. The van der Waals surface area contributed by atoms with E-state index in [0.717, 1.165) is 24.0 Å². The van der Waals surface area contributed by atoms with E-state index in [1.165, 1.54) is 56.9 Å². The highest BCUT2D eigenvalue weighted by atomic mass is 16.3. The number of hydrogen-bond donors (Lipinski definition) is 1. The summed E-state index contributed by atoms with van der Waals surface area (Å²) < 4.78 is 5.75. The molecule has 0 aliphatic heterocycles. The lowest BCUT2D eigenvalue weighted by molar-refractivity contribution is 0.353. The summed E-state index contributed by atoms with van der Waals surface area (Å²) in [6, 6.07) is 2.72. The molecule has 1 N–H and O–H groups in total. The Morgan fingerprint density at radius 1 is 1.20 bits per heavy atom. The molecule has 1 unspecified atom stereocenters. The van der Waals surface area contributed by atoms with Crippen molar-refractivity contribution in [2.24, 2.45) is 5.92 Å². The van der Waals surface area contributed by atoms with Gasteiger partial charge in [-0.3, -0.25) is 0 Å². The van der Waals surface area contributed by atoms with E-state index in [-0.39, 0.29) is 0 Å². The summed E-state index contributed by atoms with van der Waals surface area (Å²) >= 11 is 0. The molecule has 2 heteroatoms. The van der Waals surface area contributed by atoms with Gasteiger partial charge in [0, 0.05) is 11.6 Å². The van der Waals surface area contributed by atoms with Crippen LogP contribution in [0.4, 0.5) is 0 Å². The van der Waals surface area contributed by atoms with Crippen molar-refractivity contribution >= 4 is 0 Å². The van der Waals surface area contributed by atoms with Crippen molar-refractivity contribution in [2.45, 2.75) is 78.2 Å². The quantitative estimate of drug-likeness (QED) is 0.714. The van der Waals surface area contributed by atoms with E-state index in [1.54, 1.807) is 0 Å². The first-order chi connectivity index (χ1) is 9.70. The first kappa shape index (κ1) is 15.6. The molecule has 1 atom stereocenters. The van der Waals surface area contributed by atoms with Crippen LogP contribution in [0.15, 0.2) is 10.5 Å². The van der Waals surface area contributed by atoms with Gasteiger partial charge in [-0.15, -0.1) is 0 Å². The fraction of sp³-hybridized carbons (Fsp3) is 0.778. The van der Waals surface area contributed by atoms with E-state index in [0.29, 0.717) is 6.04 Å². The Balaban J connectivity index is 2.04. The highest BCUT2D eigenvalue weighted by Gasteiger charge is 2.22. The summed E-state index contributed by atoms with van der Waals surface area (Å²) in [5, 5.41) is 3.75. The van der Waals surface area contributed by atoms with Crippen molar-refractivity contribution in [2.75, 3.05) is 6.54 Å². The van der Waals surface area contributed by atoms with Gasteiger partial charge in [0.15, 0.2) is 0 Å². The predicted molar refractivity (Wildman–Crippen MR) is 85.0 cm³/mol. The van der Waals surface area contributed by atoms with Crippen LogP contribution in [0.5, 0.6) is 0 Å². The van der Waals surface area contributed by atoms with Crippen LogP contribution < -0.4 is 5.32 Å². The van der Waals surface area contributed by atoms with Crippen LogP contribution in [0.1, 0.15) is 81.4 Å². The molecule has 1 fully saturated rings. The van der Waals surface area contributed by atoms with Crippen molar-refractivity contribution in [3.05, 3.63) is 23.2 Å². The molecule has 1 aliphatic rings. The molecular formula is C18H31NO. The van der Waals surface area contributed by atoms with E-state index in [9.17, 15) is 0 Å². The van der Waals surface area contributed by atoms with Crippen LogP contribution >= 0.6 is 0 Å². The molecule has 114 valence electrons. The maximum absolute atomic E-state index is 5.75. The van der Waals surface area contributed by atoms with Crippen LogP contribution in [-0.4, -0.2) is 6.54 Å². The average Bonchev–Trinajstić information content (AvgIpc) is 2.64. The number of aryl methyl sites for hydroxylation is 2. The van der Waals surface area contributed by atoms with Crippen LogP contribution in [0, 0.1) is 19.8 Å². The third-order valence-electron chi connectivity index (χ3n) is 4.64. The minimum absolute atomic E-state index is 0.482. The fourth-order valence-corrected chi connectivity index (χ4v) is 3.57. The first-order valence-corrected chi connectivity index (χ1v) is 8.51. The third-order valence-corrected chi connectivity index (χ3v) is 4.64. The molecule has 2 rings (SSSR count). The zero-order valence-electron chi connectivity index (χ0n) is 13.5. The molecular weight excluding hydrogens is 246 g/mol. The lowest BCUT2D eigenvalue weighted by atomic mass is 9.89. The normalized spacial score (nSPS) is 18.9. The van der Waals surface area contributed by atoms with Gasteiger partial charge in [-0.05, 0) is 45.2 Å². The number of hydrogen-bond acceptors (Lipinski definition) is 2. The predicted octanol–water partition coefficient (Wildman–Crippen LogP) is 5.30. The Bertz CT molecular complexity index is 388. The summed E-state index contributed by atoms with van der Waals surface area (Å²) in [7, 11) is 0. The van der Waals surface area contributed by atoms with E-state index < -0.39 is 0 Å². The number of nitrogens with one attached hydrogen (secondary N) is 1. The smallest absolute Gasteiger partial charge is 0.105 e. The lowest BCUT2D eigenvalue weighted by Gasteiger charge is -2.23. The maximum Gasteiger partial charge on any atom is 0.105 e. The number of furan rings is 1. The Morgan fingerprint density at radius 3 is 2.45 bits per heavy atom. The summed E-state index contributed by atoms with van der Waals surface area (Å²) in [5.74, 6) is 3.04. The SMILES string of the molecule is CCCNC(CC1CCCCCC1)c1cc(C)oc1C. The fourth-order valence-electron chi connectivity index (χ4n) is 3.57. The van der Waals surface area contributed by atoms with Gasteiger partial charge in [0.1, 0.15) is 11.5 Å². The van der Waals surface area contributed by atoms with Gasteiger partial charge in [0.25, 0.3) is 0 Å². The van der Waals surface area contributed by atoms with Crippen molar-refractivity contribution in [1.29, 1.82) is 0 Å². The van der Waals surface area contributed by atoms with Crippen LogP contribution in [0.25, 0.3) is 0 Å². The van der Waals surface area contributed by atoms with Gasteiger partial charge in [-0.25, -0.2) is 0 Å². The van der Waals surface area contributed by atoms with Crippen LogP contribution in [0.2, 0.25) is 0 Å². The Morgan fingerprint density at radius 2 is 1.90 bits per heavy atom. The average molecular weight is 277 g/mol. The van der Waals surface area contributed by atoms with E-state index >= 15 is 0 Å². The minimum atomic E-state index is 0.482. The second kappa shape index (κ2) is 7.87. The largest absolute Gasteiger partial charge is 0.466 e. The molecule has 0 spiro atoms. The standard InChI is InChI=1S/C18H31NO/c1-4-11-19-18(17-12-14(2)20-15(17)3)13-16-9-7-5-6-8-10-16/h12,16,18-19H,4-11,13H2,1-3H3. The maximum atomic E-state index is 5.75. The van der Waals surface area contributed by atoms with E-state index in [1.807, 2.05) is 0 Å². The van der Waals surface area contributed by atoms with Crippen LogP contribution in [-0.2, 0) is 0 Å². The second-order valence-corrected chi connectivity index (χ2v) is 6.47. The Labute approximate surface area is 124 Å². The van der Waals surface area contributed by atoms with Gasteiger partial charge in [-0.2, -0.15) is 0 Å². The highest BCUT2D eigenvalue weighted by molar-refractivity contribution is 5.24. The lowest BCUT2D eigenvalue weighted by Crippen LogP contribution is -2.24. The highest BCUT2D eigenvalue weighted by Crippen LogP contribution is 2.33. The summed E-state index contributed by atoms with van der Waals surface area (Å²) in [5.41, 5.74) is 1.39. The minimum Gasteiger partial charge on any atom is -0.466 e. The molecule has 1 aromatic rings. The van der Waals surface area contributed by atoms with Gasteiger partial charge in [0.05, 0.1) is 0 Å². The molecule has 0 aromatic carbocycles. The molecule has 1 aliphatic carbocycles. The molecule has 0 amide bonds. The van der Waals surface area contributed by atoms with Crippen molar-refractivity contribution in [1.82, 2.24) is 5.32 Å². The molecule has 1 aromatic heterocycles. The van der Waals surface area contributed by atoms with Crippen molar-refractivity contribution < 1.29 is 4.42 Å². The molecule has 0 bridgehead atoms. The number of rotatable bonds is 6. The topological polar surface area (TPSA) is 25.2 Å². The first-order valence-electron chi connectivity index (χ1n) is 8.51. The van der Waals surface area contributed by atoms with Gasteiger partial charge < -0.3 is 9.73 Å². The van der Waals surface area contributed by atoms with Gasteiger partial charge in [-0.1, -0.05) is 45.4 Å². The van der Waals surface area contributed by atoms with Crippen molar-refractivity contribution in [3.63, 3.8) is 0 Å².